The smallest absolute Gasteiger partial charge is 0.168 e. The summed E-state index contributed by atoms with van der Waals surface area (Å²) in [5.74, 6) is 0. The first kappa shape index (κ1) is 27.2. The highest BCUT2D eigenvalue weighted by molar-refractivity contribution is 9.16. The molecular formula is C14H7Br10NO. The Balaban J connectivity index is 0.00000338. The Morgan fingerprint density at radius 3 is 0.731 bits per heavy atom. The van der Waals surface area contributed by atoms with Crippen LogP contribution in [0, 0.1) is 0 Å². The van der Waals surface area contributed by atoms with Crippen LogP contribution in [0.15, 0.2) is 44.7 Å². The monoisotopic (exact) mass is 994 g/mol. The molecule has 0 aliphatic heterocycles. The molecule has 2 aromatic rings. The number of nitrogens with zero attached hydrogens (tertiary/aromatic N) is 1. The third-order valence-electron chi connectivity index (χ3n) is 3.49. The molecule has 12 heteroatoms. The van der Waals surface area contributed by atoms with Gasteiger partial charge >= 0.3 is 0 Å². The van der Waals surface area contributed by atoms with Gasteiger partial charge in [0.05, 0.1) is 49.9 Å². The fourth-order valence-corrected chi connectivity index (χ4v) is 10.1. The number of quaternary nitrogens is 1. The molecule has 0 aromatic heterocycles. The van der Waals surface area contributed by atoms with Crippen LogP contribution in [-0.4, -0.2) is 19.6 Å². The van der Waals surface area contributed by atoms with E-state index in [0.29, 0.717) is 4.48 Å². The van der Waals surface area contributed by atoms with E-state index in [1.807, 2.05) is 0 Å². The van der Waals surface area contributed by atoms with Crippen molar-refractivity contribution in [2.75, 3.05) is 14.1 Å². The Kier molecular flexibility index (Phi) is 10.7. The van der Waals surface area contributed by atoms with E-state index < -0.39 is 0 Å². The third-order valence-corrected chi connectivity index (χ3v) is 15.6. The van der Waals surface area contributed by atoms with Crippen LogP contribution >= 0.6 is 159 Å². The summed E-state index contributed by atoms with van der Waals surface area (Å²) < 4.78 is 9.88. The van der Waals surface area contributed by atoms with Crippen molar-refractivity contribution in [3.05, 3.63) is 44.7 Å². The van der Waals surface area contributed by atoms with Crippen molar-refractivity contribution >= 4 is 171 Å². The van der Waals surface area contributed by atoms with Gasteiger partial charge in [-0.25, -0.2) is 0 Å². The molecule has 0 spiro atoms. The normalized spacial score (nSPS) is 11.5. The largest absolute Gasteiger partial charge is 0.870 e. The quantitative estimate of drug-likeness (QED) is 0.168. The summed E-state index contributed by atoms with van der Waals surface area (Å²) in [6, 6.07) is 0. The maximum absolute atomic E-state index is 3.74. The van der Waals surface area contributed by atoms with Crippen LogP contribution in [0.4, 0.5) is 11.4 Å². The highest BCUT2D eigenvalue weighted by Crippen LogP contribution is 2.57. The molecule has 0 amide bonds. The molecule has 2 aromatic carbocycles. The fourth-order valence-electron chi connectivity index (χ4n) is 2.28. The average molecular weight is 1000 g/mol. The maximum atomic E-state index is 3.74. The van der Waals surface area contributed by atoms with Crippen molar-refractivity contribution in [1.29, 1.82) is 0 Å². The van der Waals surface area contributed by atoms with Crippen molar-refractivity contribution in [1.82, 2.24) is 4.48 Å². The Labute approximate surface area is 235 Å². The van der Waals surface area contributed by atoms with Gasteiger partial charge in [-0.3, -0.25) is 4.48 Å². The lowest BCUT2D eigenvalue weighted by atomic mass is 10.2. The van der Waals surface area contributed by atoms with E-state index in [9.17, 15) is 0 Å². The first-order chi connectivity index (χ1) is 11.4. The van der Waals surface area contributed by atoms with Crippen LogP contribution in [0.25, 0.3) is 0 Å². The highest BCUT2D eigenvalue weighted by atomic mass is 79.9. The Morgan fingerprint density at radius 1 is 0.385 bits per heavy atom. The number of benzene rings is 2. The minimum Gasteiger partial charge on any atom is -0.870 e. The molecule has 26 heavy (non-hydrogen) atoms. The Bertz CT molecular complexity index is 767. The van der Waals surface area contributed by atoms with Gasteiger partial charge in [0.15, 0.2) is 11.4 Å². The van der Waals surface area contributed by atoms with E-state index in [-0.39, 0.29) is 5.48 Å². The predicted molar refractivity (Wildman–Crippen MR) is 145 cm³/mol. The number of halogens is 10. The first-order valence-electron chi connectivity index (χ1n) is 6.23. The van der Waals surface area contributed by atoms with Crippen LogP contribution in [0.3, 0.4) is 0 Å². The van der Waals surface area contributed by atoms with Crippen molar-refractivity contribution in [3.8, 4) is 0 Å². The number of rotatable bonds is 2. The zero-order valence-corrected chi connectivity index (χ0v) is 28.5. The minimum atomic E-state index is 0. The average Bonchev–Trinajstić information content (AvgIpc) is 2.54. The topological polar surface area (TPSA) is 30.0 Å². The summed E-state index contributed by atoms with van der Waals surface area (Å²) in [7, 11) is 4.24. The molecule has 0 unspecified atom stereocenters. The molecule has 2 rings (SSSR count). The van der Waals surface area contributed by atoms with Gasteiger partial charge in [0.2, 0.25) is 0 Å². The van der Waals surface area contributed by atoms with Gasteiger partial charge in [-0.2, -0.15) is 0 Å². The lowest BCUT2D eigenvalue weighted by molar-refractivity contribution is 0.544. The van der Waals surface area contributed by atoms with Gasteiger partial charge in [0.25, 0.3) is 0 Å². The molecule has 0 heterocycles. The standard InChI is InChI=1S/C14H6Br10N.H2O/c1-25(2,13-9(21)5(17)3(15)6(18)10(13)22)14-11(23)7(19)4(16)8(20)12(14)24;/h1-2H3;1H2/q+1;/p-1. The Morgan fingerprint density at radius 2 is 0.538 bits per heavy atom. The SMILES string of the molecule is C[N+](C)(c1c(Br)c(Br)c(Br)c(Br)c1Br)c1c(Br)c(Br)c(Br)c(Br)c1Br.[OH-]. The van der Waals surface area contributed by atoms with Gasteiger partial charge < -0.3 is 5.48 Å². The second-order valence-electron chi connectivity index (χ2n) is 5.29. The third kappa shape index (κ3) is 4.66. The molecule has 0 saturated carbocycles. The lowest BCUT2D eigenvalue weighted by Crippen LogP contribution is -2.36. The predicted octanol–water partition coefficient (Wildman–Crippen LogP) is 11.0. The van der Waals surface area contributed by atoms with E-state index in [1.54, 1.807) is 0 Å². The molecule has 0 aliphatic carbocycles. The molecule has 0 atom stereocenters. The summed E-state index contributed by atoms with van der Waals surface area (Å²) >= 11 is 36.8. The van der Waals surface area contributed by atoms with Crippen molar-refractivity contribution in [2.45, 2.75) is 0 Å². The van der Waals surface area contributed by atoms with Crippen LogP contribution in [-0.2, 0) is 0 Å². The van der Waals surface area contributed by atoms with Gasteiger partial charge in [-0.05, 0) is 159 Å². The van der Waals surface area contributed by atoms with Crippen molar-refractivity contribution in [3.63, 3.8) is 0 Å². The molecular weight excluding hydrogens is 997 g/mol. The van der Waals surface area contributed by atoms with E-state index in [2.05, 4.69) is 173 Å². The number of hydrogen-bond donors (Lipinski definition) is 0. The summed E-state index contributed by atoms with van der Waals surface area (Å²) in [6.07, 6.45) is 0. The zero-order chi connectivity index (χ0) is 19.4. The minimum absolute atomic E-state index is 0. The number of hydrogen-bond acceptors (Lipinski definition) is 1. The van der Waals surface area contributed by atoms with Gasteiger partial charge in [0.1, 0.15) is 0 Å². The van der Waals surface area contributed by atoms with E-state index in [1.165, 1.54) is 0 Å². The van der Waals surface area contributed by atoms with E-state index in [4.69, 9.17) is 0 Å². The molecule has 2 nitrogen and oxygen atoms in total. The molecule has 0 fully saturated rings. The van der Waals surface area contributed by atoms with Crippen molar-refractivity contribution in [2.24, 2.45) is 0 Å². The molecule has 0 saturated heterocycles. The second-order valence-corrected chi connectivity index (χ2v) is 13.2. The molecule has 0 radical (unpaired) electrons. The van der Waals surface area contributed by atoms with Crippen LogP contribution in [0.1, 0.15) is 0 Å². The Hall–Kier alpha value is 3.16. The summed E-state index contributed by atoms with van der Waals surface area (Å²) in [4.78, 5) is 0. The summed E-state index contributed by atoms with van der Waals surface area (Å²) in [5.41, 5.74) is 2.09. The van der Waals surface area contributed by atoms with E-state index >= 15 is 0 Å². The molecule has 0 bridgehead atoms. The molecule has 144 valence electrons. The zero-order valence-electron chi connectivity index (χ0n) is 12.7. The molecule has 1 N–H and O–H groups in total. The van der Waals surface area contributed by atoms with Crippen molar-refractivity contribution < 1.29 is 5.48 Å². The fraction of sp³-hybridized carbons (Fsp3) is 0.143. The summed E-state index contributed by atoms with van der Waals surface area (Å²) in [6.45, 7) is 0. The maximum Gasteiger partial charge on any atom is 0.168 e. The van der Waals surface area contributed by atoms with Crippen LogP contribution in [0.5, 0.6) is 0 Å². The second kappa shape index (κ2) is 10.2. The molecule has 0 aliphatic rings. The van der Waals surface area contributed by atoms with Gasteiger partial charge in [-0.1, -0.05) is 0 Å². The first-order valence-corrected chi connectivity index (χ1v) is 14.2. The van der Waals surface area contributed by atoms with E-state index in [0.717, 1.165) is 56.1 Å². The van der Waals surface area contributed by atoms with Crippen LogP contribution < -0.4 is 4.48 Å². The van der Waals surface area contributed by atoms with Crippen LogP contribution in [0.2, 0.25) is 0 Å². The van der Waals surface area contributed by atoms with Gasteiger partial charge in [0, 0.05) is 8.95 Å². The van der Waals surface area contributed by atoms with Gasteiger partial charge in [-0.15, -0.1) is 0 Å². The summed E-state index contributed by atoms with van der Waals surface area (Å²) in [5, 5.41) is 0. The lowest BCUT2D eigenvalue weighted by Gasteiger charge is -2.34. The highest BCUT2D eigenvalue weighted by Gasteiger charge is 2.37.